The molecule has 0 saturated heterocycles. The molecule has 0 fully saturated rings. The van der Waals surface area contributed by atoms with Gasteiger partial charge in [0.15, 0.2) is 0 Å². The normalized spacial score (nSPS) is 11.3. The average molecular weight is 260 g/mol. The Balaban J connectivity index is 2.96. The summed E-state index contributed by atoms with van der Waals surface area (Å²) >= 11 is -3.95. The molecule has 4 heteroatoms. The predicted octanol–water partition coefficient (Wildman–Crippen LogP) is 3.27. The first-order chi connectivity index (χ1) is 4.70. The van der Waals surface area contributed by atoms with Crippen LogP contribution in [0.25, 0.3) is 0 Å². The first kappa shape index (κ1) is 7.84. The molecule has 0 unspecified atom stereocenters. The van der Waals surface area contributed by atoms with Crippen LogP contribution in [-0.4, -0.2) is 0 Å². The maximum absolute atomic E-state index is 12.2. The summed E-state index contributed by atoms with van der Waals surface area (Å²) in [6.07, 6.45) is 0. The van der Waals surface area contributed by atoms with E-state index in [2.05, 4.69) is 0 Å². The minimum absolute atomic E-state index is 0.121. The third kappa shape index (κ3) is 1.86. The third-order valence-electron chi connectivity index (χ3n) is 0.952. The first-order valence-corrected chi connectivity index (χ1v) is 5.19. The molecule has 0 amide bonds. The van der Waals surface area contributed by atoms with Crippen molar-refractivity contribution >= 4 is 21.0 Å². The van der Waals surface area contributed by atoms with Gasteiger partial charge in [0.25, 0.3) is 0 Å². The molecule has 0 aliphatic rings. The fourth-order valence-electron chi connectivity index (χ4n) is 0.549. The second kappa shape index (κ2) is 3.23. The summed E-state index contributed by atoms with van der Waals surface area (Å²) in [6.45, 7) is 0. The van der Waals surface area contributed by atoms with Crippen molar-refractivity contribution in [2.75, 3.05) is 0 Å². The van der Waals surface area contributed by atoms with E-state index in [4.69, 9.17) is 0 Å². The van der Waals surface area contributed by atoms with Crippen LogP contribution in [0.5, 0.6) is 0 Å². The van der Waals surface area contributed by atoms with Gasteiger partial charge in [0.1, 0.15) is 0 Å². The third-order valence-corrected chi connectivity index (χ3v) is 2.56. The molecule has 0 aromatic heterocycles. The number of rotatable bonds is 1. The van der Waals surface area contributed by atoms with Gasteiger partial charge in [-0.15, -0.1) is 0 Å². The summed E-state index contributed by atoms with van der Waals surface area (Å²) < 4.78 is 36.0. The van der Waals surface area contributed by atoms with Crippen molar-refractivity contribution in [3.63, 3.8) is 0 Å². The molecule has 0 spiro atoms. The second-order valence-corrected chi connectivity index (χ2v) is 4.01. The molecule has 0 radical (unpaired) electrons. The first-order valence-electron chi connectivity index (χ1n) is 2.49. The standard InChI is InChI=1S/C6H4F3I/c7-5-2-1-3-6(4-5)10(8)9/h1-4H. The van der Waals surface area contributed by atoms with Gasteiger partial charge in [-0.2, -0.15) is 0 Å². The summed E-state index contributed by atoms with van der Waals surface area (Å²) in [5.74, 6) is -0.588. The van der Waals surface area contributed by atoms with E-state index in [1.807, 2.05) is 0 Å². The zero-order chi connectivity index (χ0) is 7.56. The molecule has 56 valence electrons. The maximum atomic E-state index is 12.2. The molecule has 0 saturated carbocycles. The zero-order valence-electron chi connectivity index (χ0n) is 4.82. The molecule has 0 N–H and O–H groups in total. The molecular weight excluding hydrogens is 256 g/mol. The summed E-state index contributed by atoms with van der Waals surface area (Å²) in [7, 11) is 0. The van der Waals surface area contributed by atoms with Crippen molar-refractivity contribution in [3.05, 3.63) is 33.7 Å². The van der Waals surface area contributed by atoms with E-state index in [0.29, 0.717) is 0 Å². The van der Waals surface area contributed by atoms with E-state index in [-0.39, 0.29) is 3.57 Å². The number of hydrogen-bond acceptors (Lipinski definition) is 0. The Bertz CT molecular complexity index is 224. The topological polar surface area (TPSA) is 0 Å². The van der Waals surface area contributed by atoms with Gasteiger partial charge < -0.3 is 0 Å². The molecule has 1 rings (SSSR count). The summed E-state index contributed by atoms with van der Waals surface area (Å²) in [6, 6.07) is 4.61. The van der Waals surface area contributed by atoms with Crippen LogP contribution in [0.2, 0.25) is 0 Å². The zero-order valence-corrected chi connectivity index (χ0v) is 6.98. The van der Waals surface area contributed by atoms with Gasteiger partial charge in [0.05, 0.1) is 0 Å². The molecule has 0 atom stereocenters. The molecule has 0 heterocycles. The number of hydrogen-bond donors (Lipinski definition) is 0. The Morgan fingerprint density at radius 2 is 1.90 bits per heavy atom. The van der Waals surface area contributed by atoms with Crippen LogP contribution in [0.1, 0.15) is 0 Å². The number of benzene rings is 1. The summed E-state index contributed by atoms with van der Waals surface area (Å²) in [4.78, 5) is 0. The van der Waals surface area contributed by atoms with Crippen LogP contribution in [-0.2, 0) is 0 Å². The van der Waals surface area contributed by atoms with Crippen molar-refractivity contribution in [1.29, 1.82) is 0 Å². The van der Waals surface area contributed by atoms with Crippen molar-refractivity contribution in [2.24, 2.45) is 0 Å². The van der Waals surface area contributed by atoms with Gasteiger partial charge in [0, 0.05) is 0 Å². The van der Waals surface area contributed by atoms with Gasteiger partial charge in [0.2, 0.25) is 0 Å². The molecular formula is C6H4F3I. The van der Waals surface area contributed by atoms with E-state index in [0.717, 1.165) is 12.1 Å². The predicted molar refractivity (Wildman–Crippen MR) is 41.3 cm³/mol. The Hall–Kier alpha value is -0.260. The molecule has 0 aliphatic heterocycles. The van der Waals surface area contributed by atoms with Crippen molar-refractivity contribution in [2.45, 2.75) is 0 Å². The molecule has 0 bridgehead atoms. The van der Waals surface area contributed by atoms with Gasteiger partial charge >= 0.3 is 64.7 Å². The Kier molecular flexibility index (Phi) is 2.53. The molecule has 0 nitrogen and oxygen atoms in total. The van der Waals surface area contributed by atoms with Gasteiger partial charge in [-0.1, -0.05) is 0 Å². The summed E-state index contributed by atoms with van der Waals surface area (Å²) in [5, 5.41) is 0. The van der Waals surface area contributed by atoms with Crippen molar-refractivity contribution in [3.8, 4) is 0 Å². The van der Waals surface area contributed by atoms with E-state index < -0.39 is 26.8 Å². The average Bonchev–Trinajstić information content (AvgIpc) is 1.88. The van der Waals surface area contributed by atoms with Crippen molar-refractivity contribution < 1.29 is 10.1 Å². The van der Waals surface area contributed by atoms with Crippen LogP contribution < -0.4 is 0 Å². The SMILES string of the molecule is Fc1cccc(I(F)F)c1. The second-order valence-electron chi connectivity index (χ2n) is 1.64. The Morgan fingerprint density at radius 1 is 1.20 bits per heavy atom. The minimum atomic E-state index is -3.95. The van der Waals surface area contributed by atoms with Crippen LogP contribution in [0, 0.1) is 9.39 Å². The molecule has 0 aliphatic carbocycles. The fraction of sp³-hybridized carbons (Fsp3) is 0. The van der Waals surface area contributed by atoms with Gasteiger partial charge in [-0.3, -0.25) is 0 Å². The van der Waals surface area contributed by atoms with E-state index in [9.17, 15) is 10.1 Å². The van der Waals surface area contributed by atoms with Crippen molar-refractivity contribution in [1.82, 2.24) is 0 Å². The van der Waals surface area contributed by atoms with Gasteiger partial charge in [-0.05, 0) is 0 Å². The van der Waals surface area contributed by atoms with E-state index in [1.165, 1.54) is 12.1 Å². The summed E-state index contributed by atoms with van der Waals surface area (Å²) in [5.41, 5.74) is 0. The quantitative estimate of drug-likeness (QED) is 0.680. The van der Waals surface area contributed by atoms with Crippen LogP contribution >= 0.6 is 21.0 Å². The Labute approximate surface area is 65.0 Å². The van der Waals surface area contributed by atoms with E-state index in [1.54, 1.807) is 0 Å². The van der Waals surface area contributed by atoms with Crippen LogP contribution in [0.3, 0.4) is 0 Å². The van der Waals surface area contributed by atoms with Gasteiger partial charge in [-0.25, -0.2) is 0 Å². The fourth-order valence-corrected chi connectivity index (χ4v) is 1.56. The molecule has 1 aromatic carbocycles. The van der Waals surface area contributed by atoms with Crippen LogP contribution in [0.4, 0.5) is 10.1 Å². The monoisotopic (exact) mass is 260 g/mol. The molecule has 10 heavy (non-hydrogen) atoms. The molecule has 1 aromatic rings. The Morgan fingerprint density at radius 3 is 2.30 bits per heavy atom. The van der Waals surface area contributed by atoms with Crippen LogP contribution in [0.15, 0.2) is 24.3 Å². The number of halogens is 4. The van der Waals surface area contributed by atoms with E-state index >= 15 is 0 Å².